The Kier molecular flexibility index (Phi) is 4.81. The number of thioether (sulfide) groups is 2. The van der Waals surface area contributed by atoms with Gasteiger partial charge in [0.05, 0.1) is 5.03 Å². The van der Waals surface area contributed by atoms with Gasteiger partial charge in [-0.05, 0) is 23.1 Å². The van der Waals surface area contributed by atoms with E-state index < -0.39 is 18.1 Å². The van der Waals surface area contributed by atoms with Crippen LogP contribution < -0.4 is 5.32 Å². The number of β-lactam (4-membered cyclic amide) rings is 1. The van der Waals surface area contributed by atoms with Crippen LogP contribution in [-0.4, -0.2) is 56.0 Å². The minimum atomic E-state index is -1.07. The summed E-state index contributed by atoms with van der Waals surface area (Å²) < 4.78 is 0. The molecule has 3 heterocycles. The van der Waals surface area contributed by atoms with Gasteiger partial charge in [0.1, 0.15) is 11.4 Å². The summed E-state index contributed by atoms with van der Waals surface area (Å²) in [6.45, 7) is 1.34. The number of pyridine rings is 1. The van der Waals surface area contributed by atoms with E-state index in [2.05, 4.69) is 10.3 Å². The monoisotopic (exact) mass is 365 g/mol. The van der Waals surface area contributed by atoms with E-state index in [1.807, 2.05) is 18.2 Å². The molecule has 3 atom stereocenters. The van der Waals surface area contributed by atoms with Crippen LogP contribution in [0.4, 0.5) is 0 Å². The van der Waals surface area contributed by atoms with Gasteiger partial charge in [0, 0.05) is 18.9 Å². The Bertz CT molecular complexity index is 710. The van der Waals surface area contributed by atoms with E-state index in [9.17, 15) is 19.5 Å². The van der Waals surface area contributed by atoms with Gasteiger partial charge in [-0.15, -0.1) is 23.5 Å². The number of amides is 2. The first-order chi connectivity index (χ1) is 11.5. The van der Waals surface area contributed by atoms with E-state index in [0.717, 1.165) is 5.03 Å². The van der Waals surface area contributed by atoms with Crippen LogP contribution in [0.5, 0.6) is 0 Å². The second-order valence-corrected chi connectivity index (χ2v) is 7.33. The predicted molar refractivity (Wildman–Crippen MR) is 90.3 cm³/mol. The molecule has 0 bridgehead atoms. The number of carboxylic acid groups (broad SMARTS) is 1. The highest BCUT2D eigenvalue weighted by Gasteiger charge is 2.55. The largest absolute Gasteiger partial charge is 0.479 e. The maximum atomic E-state index is 12.3. The Hall–Kier alpha value is -2.00. The lowest BCUT2D eigenvalue weighted by Gasteiger charge is -2.51. The first kappa shape index (κ1) is 16.8. The Labute approximate surface area is 146 Å². The average Bonchev–Trinajstić information content (AvgIpc) is 2.57. The number of carbonyl (C=O) groups excluding carboxylic acids is 2. The van der Waals surface area contributed by atoms with Crippen molar-refractivity contribution in [3.05, 3.63) is 35.4 Å². The fraction of sp³-hybridized carbons (Fsp3) is 0.333. The van der Waals surface area contributed by atoms with Crippen LogP contribution in [-0.2, 0) is 14.4 Å². The van der Waals surface area contributed by atoms with Crippen LogP contribution in [0.25, 0.3) is 0 Å². The second-order valence-electron chi connectivity index (χ2n) is 5.34. The van der Waals surface area contributed by atoms with Gasteiger partial charge in [-0.3, -0.25) is 9.59 Å². The SMILES string of the molecule is CC(=O)NC1C(=O)N2C(C(=O)O)C(CSc3ccccn3)=CS[C@H]12. The average molecular weight is 365 g/mol. The van der Waals surface area contributed by atoms with Crippen LogP contribution in [0.15, 0.2) is 40.4 Å². The molecule has 1 aromatic rings. The van der Waals surface area contributed by atoms with Crippen molar-refractivity contribution in [3.8, 4) is 0 Å². The highest BCUT2D eigenvalue weighted by Crippen LogP contribution is 2.41. The third-order valence-electron chi connectivity index (χ3n) is 3.69. The molecule has 2 unspecified atom stereocenters. The molecule has 0 aromatic carbocycles. The molecular formula is C15H15N3O4S2. The number of nitrogens with zero attached hydrogens (tertiary/aromatic N) is 2. The molecule has 24 heavy (non-hydrogen) atoms. The van der Waals surface area contributed by atoms with Gasteiger partial charge in [-0.1, -0.05) is 6.07 Å². The Morgan fingerprint density at radius 1 is 1.46 bits per heavy atom. The van der Waals surface area contributed by atoms with Gasteiger partial charge in [-0.2, -0.15) is 0 Å². The van der Waals surface area contributed by atoms with Crippen LogP contribution in [0.3, 0.4) is 0 Å². The van der Waals surface area contributed by atoms with Gasteiger partial charge in [0.2, 0.25) is 11.8 Å². The molecule has 9 heteroatoms. The van der Waals surface area contributed by atoms with Crippen molar-refractivity contribution in [1.29, 1.82) is 0 Å². The number of carboxylic acids is 1. The maximum Gasteiger partial charge on any atom is 0.330 e. The zero-order valence-electron chi connectivity index (χ0n) is 12.7. The standard InChI is InChI=1S/C15H15N3O4S2/c1-8(19)17-11-13(20)18-12(15(21)22)9(7-24-14(11)18)6-23-10-4-2-3-5-16-10/h2-5,7,11-12,14H,6H2,1H3,(H,17,19)(H,21,22)/t11?,12?,14-/m1/s1. The minimum Gasteiger partial charge on any atom is -0.479 e. The van der Waals surface area contributed by atoms with Gasteiger partial charge in [0.25, 0.3) is 0 Å². The Morgan fingerprint density at radius 3 is 2.88 bits per heavy atom. The van der Waals surface area contributed by atoms with Crippen molar-refractivity contribution < 1.29 is 19.5 Å². The molecule has 0 aliphatic carbocycles. The molecule has 126 valence electrons. The number of hydrogen-bond acceptors (Lipinski definition) is 6. The summed E-state index contributed by atoms with van der Waals surface area (Å²) in [5.74, 6) is -1.30. The lowest BCUT2D eigenvalue weighted by atomic mass is 9.99. The molecule has 2 N–H and O–H groups in total. The fourth-order valence-electron chi connectivity index (χ4n) is 2.64. The summed E-state index contributed by atoms with van der Waals surface area (Å²) in [4.78, 5) is 40.6. The Balaban J connectivity index is 1.74. The van der Waals surface area contributed by atoms with Crippen molar-refractivity contribution in [2.75, 3.05) is 5.75 Å². The molecule has 7 nitrogen and oxygen atoms in total. The van der Waals surface area contributed by atoms with Gasteiger partial charge >= 0.3 is 5.97 Å². The van der Waals surface area contributed by atoms with Crippen molar-refractivity contribution in [3.63, 3.8) is 0 Å². The number of nitrogens with one attached hydrogen (secondary N) is 1. The molecule has 2 aliphatic rings. The summed E-state index contributed by atoms with van der Waals surface area (Å²) in [5.41, 5.74) is 0.647. The summed E-state index contributed by atoms with van der Waals surface area (Å²) in [5, 5.41) is 14.3. The third kappa shape index (κ3) is 3.13. The molecule has 3 rings (SSSR count). The summed E-state index contributed by atoms with van der Waals surface area (Å²) in [6, 6.07) is 3.87. The molecule has 1 fully saturated rings. The zero-order chi connectivity index (χ0) is 17.3. The van der Waals surface area contributed by atoms with Gasteiger partial charge < -0.3 is 15.3 Å². The lowest BCUT2D eigenvalue weighted by Crippen LogP contribution is -2.73. The van der Waals surface area contributed by atoms with Gasteiger partial charge in [0.15, 0.2) is 6.04 Å². The van der Waals surface area contributed by atoms with Crippen LogP contribution >= 0.6 is 23.5 Å². The quantitative estimate of drug-likeness (QED) is 0.591. The summed E-state index contributed by atoms with van der Waals surface area (Å²) in [6.07, 6.45) is 1.67. The van der Waals surface area contributed by atoms with E-state index >= 15 is 0 Å². The smallest absolute Gasteiger partial charge is 0.330 e. The molecule has 0 spiro atoms. The van der Waals surface area contributed by atoms with E-state index in [1.54, 1.807) is 11.6 Å². The molecular weight excluding hydrogens is 350 g/mol. The number of carbonyl (C=O) groups is 3. The van der Waals surface area contributed by atoms with E-state index in [0.29, 0.717) is 11.3 Å². The number of hydrogen-bond donors (Lipinski definition) is 2. The predicted octanol–water partition coefficient (Wildman–Crippen LogP) is 0.931. The van der Waals surface area contributed by atoms with Crippen molar-refractivity contribution in [2.24, 2.45) is 0 Å². The normalized spacial score (nSPS) is 25.4. The lowest BCUT2D eigenvalue weighted by molar-refractivity contribution is -0.159. The molecule has 2 aliphatic heterocycles. The molecule has 0 saturated carbocycles. The maximum absolute atomic E-state index is 12.3. The van der Waals surface area contributed by atoms with Crippen LogP contribution in [0, 0.1) is 0 Å². The van der Waals surface area contributed by atoms with Crippen molar-refractivity contribution >= 4 is 41.3 Å². The highest BCUT2D eigenvalue weighted by molar-refractivity contribution is 8.03. The number of aromatic nitrogens is 1. The van der Waals surface area contributed by atoms with E-state index in [4.69, 9.17) is 0 Å². The zero-order valence-corrected chi connectivity index (χ0v) is 14.3. The first-order valence-electron chi connectivity index (χ1n) is 7.19. The number of rotatable bonds is 5. The first-order valence-corrected chi connectivity index (χ1v) is 9.12. The second kappa shape index (κ2) is 6.86. The van der Waals surface area contributed by atoms with Crippen molar-refractivity contribution in [1.82, 2.24) is 15.2 Å². The summed E-state index contributed by atoms with van der Waals surface area (Å²) >= 11 is 2.79. The highest BCUT2D eigenvalue weighted by atomic mass is 32.2. The fourth-order valence-corrected chi connectivity index (χ4v) is 4.83. The van der Waals surface area contributed by atoms with Crippen molar-refractivity contribution in [2.45, 2.75) is 29.4 Å². The molecule has 1 saturated heterocycles. The van der Waals surface area contributed by atoms with Crippen LogP contribution in [0.2, 0.25) is 0 Å². The van der Waals surface area contributed by atoms with Crippen LogP contribution in [0.1, 0.15) is 6.92 Å². The minimum absolute atomic E-state index is 0.305. The summed E-state index contributed by atoms with van der Waals surface area (Å²) in [7, 11) is 0. The molecule has 1 aromatic heterocycles. The Morgan fingerprint density at radius 2 is 2.25 bits per heavy atom. The number of fused-ring (bicyclic) bond motifs is 1. The molecule has 0 radical (unpaired) electrons. The topological polar surface area (TPSA) is 99.6 Å². The van der Waals surface area contributed by atoms with E-state index in [1.165, 1.54) is 35.3 Å². The van der Waals surface area contributed by atoms with E-state index in [-0.39, 0.29) is 17.2 Å². The van der Waals surface area contributed by atoms with Gasteiger partial charge in [-0.25, -0.2) is 9.78 Å². The third-order valence-corrected chi connectivity index (χ3v) is 5.92. The molecule has 2 amide bonds. The number of aliphatic carboxylic acids is 1.